The predicted molar refractivity (Wildman–Crippen MR) is 64.1 cm³/mol. The molecular formula is C12H16N2O4. The quantitative estimate of drug-likeness (QED) is 0.678. The van der Waals surface area contributed by atoms with E-state index in [0.717, 1.165) is 30.8 Å². The first kappa shape index (κ1) is 12.6. The molecule has 3 N–H and O–H groups in total. The number of hydrogen-bond donors (Lipinski definition) is 3. The third-order valence-electron chi connectivity index (χ3n) is 3.41. The van der Waals surface area contributed by atoms with Crippen molar-refractivity contribution in [3.63, 3.8) is 0 Å². The highest BCUT2D eigenvalue weighted by Crippen LogP contribution is 2.27. The van der Waals surface area contributed by atoms with Crippen molar-refractivity contribution in [1.82, 2.24) is 10.2 Å². The maximum Gasteiger partial charge on any atom is 0.412 e. The van der Waals surface area contributed by atoms with E-state index < -0.39 is 12.1 Å². The van der Waals surface area contributed by atoms with Gasteiger partial charge in [0.25, 0.3) is 0 Å². The predicted octanol–water partition coefficient (Wildman–Crippen LogP) is 0.873. The Morgan fingerprint density at radius 1 is 1.28 bits per heavy atom. The van der Waals surface area contributed by atoms with Gasteiger partial charge in [-0.1, -0.05) is 12.2 Å². The fourth-order valence-electron chi connectivity index (χ4n) is 2.55. The van der Waals surface area contributed by atoms with Crippen molar-refractivity contribution in [3.8, 4) is 0 Å². The smallest absolute Gasteiger partial charge is 0.412 e. The van der Waals surface area contributed by atoms with Gasteiger partial charge in [0.15, 0.2) is 0 Å². The van der Waals surface area contributed by atoms with Crippen molar-refractivity contribution < 1.29 is 19.8 Å². The molecule has 1 atom stereocenters. The van der Waals surface area contributed by atoms with Crippen LogP contribution in [0.4, 0.5) is 4.79 Å². The first-order chi connectivity index (χ1) is 8.61. The molecule has 2 heterocycles. The van der Waals surface area contributed by atoms with Gasteiger partial charge < -0.3 is 15.5 Å². The molecule has 0 aromatic heterocycles. The summed E-state index contributed by atoms with van der Waals surface area (Å²) in [5.74, 6) is -1.04. The number of piperidine rings is 1. The van der Waals surface area contributed by atoms with Crippen LogP contribution in [0.1, 0.15) is 12.8 Å². The Bertz CT molecular complexity index is 410. The molecule has 1 unspecified atom stereocenters. The number of carbonyl (C=O) groups is 2. The number of rotatable bonds is 2. The molecule has 2 aliphatic rings. The van der Waals surface area contributed by atoms with Crippen LogP contribution < -0.4 is 5.32 Å². The van der Waals surface area contributed by atoms with Crippen LogP contribution in [0.25, 0.3) is 0 Å². The zero-order valence-electron chi connectivity index (χ0n) is 9.87. The molecule has 1 saturated heterocycles. The summed E-state index contributed by atoms with van der Waals surface area (Å²) in [6.45, 7) is 1.68. The van der Waals surface area contributed by atoms with E-state index in [-0.39, 0.29) is 17.7 Å². The number of amides is 1. The second-order valence-corrected chi connectivity index (χ2v) is 4.47. The van der Waals surface area contributed by atoms with Crippen molar-refractivity contribution >= 4 is 12.1 Å². The Labute approximate surface area is 105 Å². The van der Waals surface area contributed by atoms with E-state index in [9.17, 15) is 14.7 Å². The molecule has 2 aliphatic heterocycles. The Balaban J connectivity index is 2.24. The minimum atomic E-state index is -1.21. The van der Waals surface area contributed by atoms with E-state index in [2.05, 4.69) is 5.32 Å². The fourth-order valence-corrected chi connectivity index (χ4v) is 2.55. The van der Waals surface area contributed by atoms with Crippen molar-refractivity contribution in [1.29, 1.82) is 0 Å². The second kappa shape index (κ2) is 5.22. The molecule has 1 amide bonds. The topological polar surface area (TPSA) is 89.9 Å². The lowest BCUT2D eigenvalue weighted by Gasteiger charge is -2.37. The summed E-state index contributed by atoms with van der Waals surface area (Å²) in [5.41, 5.74) is -0.173. The number of allylic oxidation sites excluding steroid dienone is 2. The molecule has 0 spiro atoms. The average molecular weight is 252 g/mol. The molecule has 18 heavy (non-hydrogen) atoms. The molecule has 0 aliphatic carbocycles. The third kappa shape index (κ3) is 2.38. The van der Waals surface area contributed by atoms with Crippen LogP contribution in [0, 0.1) is 5.92 Å². The largest absolute Gasteiger partial charge is 0.477 e. The van der Waals surface area contributed by atoms with Gasteiger partial charge in [-0.05, 0) is 37.9 Å². The van der Waals surface area contributed by atoms with E-state index >= 15 is 0 Å². The van der Waals surface area contributed by atoms with Crippen LogP contribution in [0.15, 0.2) is 23.9 Å². The SMILES string of the molecule is O=C(O)C1=CC=CC(C2CCNCC2)N1C(=O)O. The lowest BCUT2D eigenvalue weighted by molar-refractivity contribution is -0.134. The number of nitrogens with zero attached hydrogens (tertiary/aromatic N) is 1. The van der Waals surface area contributed by atoms with Gasteiger partial charge in [-0.25, -0.2) is 9.59 Å². The van der Waals surface area contributed by atoms with Gasteiger partial charge in [-0.2, -0.15) is 0 Å². The number of aliphatic carboxylic acids is 1. The van der Waals surface area contributed by atoms with Gasteiger partial charge >= 0.3 is 12.1 Å². The van der Waals surface area contributed by atoms with Crippen molar-refractivity contribution in [3.05, 3.63) is 23.9 Å². The Kier molecular flexibility index (Phi) is 3.66. The van der Waals surface area contributed by atoms with E-state index in [1.807, 2.05) is 0 Å². The second-order valence-electron chi connectivity index (χ2n) is 4.47. The van der Waals surface area contributed by atoms with E-state index in [4.69, 9.17) is 5.11 Å². The molecule has 0 aromatic carbocycles. The summed E-state index contributed by atoms with van der Waals surface area (Å²) in [7, 11) is 0. The van der Waals surface area contributed by atoms with Crippen LogP contribution in [0.2, 0.25) is 0 Å². The van der Waals surface area contributed by atoms with Crippen LogP contribution in [-0.2, 0) is 4.79 Å². The molecule has 6 heteroatoms. The highest BCUT2D eigenvalue weighted by atomic mass is 16.4. The molecule has 2 rings (SSSR count). The summed E-state index contributed by atoms with van der Waals surface area (Å²) in [6, 6.07) is -0.374. The lowest BCUT2D eigenvalue weighted by atomic mass is 9.87. The van der Waals surface area contributed by atoms with E-state index in [0.29, 0.717) is 0 Å². The number of nitrogens with one attached hydrogen (secondary N) is 1. The number of carboxylic acids is 1. The van der Waals surface area contributed by atoms with Crippen molar-refractivity contribution in [2.75, 3.05) is 13.1 Å². The Morgan fingerprint density at radius 3 is 2.50 bits per heavy atom. The van der Waals surface area contributed by atoms with Gasteiger partial charge in [0.2, 0.25) is 0 Å². The van der Waals surface area contributed by atoms with Crippen molar-refractivity contribution in [2.24, 2.45) is 5.92 Å². The Morgan fingerprint density at radius 2 is 1.94 bits per heavy atom. The molecule has 1 fully saturated rings. The molecule has 0 bridgehead atoms. The highest BCUT2D eigenvalue weighted by Gasteiger charge is 2.35. The molecular weight excluding hydrogens is 236 g/mol. The summed E-state index contributed by atoms with van der Waals surface area (Å²) in [5, 5.41) is 21.5. The highest BCUT2D eigenvalue weighted by molar-refractivity contribution is 5.91. The van der Waals surface area contributed by atoms with E-state index in [1.165, 1.54) is 6.08 Å². The summed E-state index contributed by atoms with van der Waals surface area (Å²) in [4.78, 5) is 23.3. The van der Waals surface area contributed by atoms with Gasteiger partial charge in [-0.3, -0.25) is 4.90 Å². The summed E-state index contributed by atoms with van der Waals surface area (Å²) < 4.78 is 0. The summed E-state index contributed by atoms with van der Waals surface area (Å²) >= 11 is 0. The summed E-state index contributed by atoms with van der Waals surface area (Å²) in [6.07, 6.45) is 5.23. The zero-order valence-corrected chi connectivity index (χ0v) is 9.87. The van der Waals surface area contributed by atoms with Crippen LogP contribution in [0.3, 0.4) is 0 Å². The van der Waals surface area contributed by atoms with Gasteiger partial charge in [-0.15, -0.1) is 0 Å². The normalized spacial score (nSPS) is 24.8. The zero-order chi connectivity index (χ0) is 13.1. The first-order valence-corrected chi connectivity index (χ1v) is 5.96. The first-order valence-electron chi connectivity index (χ1n) is 5.96. The minimum absolute atomic E-state index is 0.168. The lowest BCUT2D eigenvalue weighted by Crippen LogP contribution is -2.47. The fraction of sp³-hybridized carbons (Fsp3) is 0.500. The van der Waals surface area contributed by atoms with Crippen LogP contribution in [-0.4, -0.2) is 46.3 Å². The van der Waals surface area contributed by atoms with Gasteiger partial charge in [0.1, 0.15) is 5.70 Å². The monoisotopic (exact) mass is 252 g/mol. The molecule has 0 aromatic rings. The molecule has 6 nitrogen and oxygen atoms in total. The van der Waals surface area contributed by atoms with Crippen LogP contribution >= 0.6 is 0 Å². The maximum absolute atomic E-state index is 11.3. The molecule has 0 radical (unpaired) electrons. The maximum atomic E-state index is 11.3. The Hall–Kier alpha value is -1.82. The average Bonchev–Trinajstić information content (AvgIpc) is 2.38. The van der Waals surface area contributed by atoms with Crippen LogP contribution in [0.5, 0.6) is 0 Å². The van der Waals surface area contributed by atoms with Crippen molar-refractivity contribution in [2.45, 2.75) is 18.9 Å². The van der Waals surface area contributed by atoms with Gasteiger partial charge in [0.05, 0.1) is 6.04 Å². The minimum Gasteiger partial charge on any atom is -0.477 e. The third-order valence-corrected chi connectivity index (χ3v) is 3.41. The van der Waals surface area contributed by atoms with Gasteiger partial charge in [0, 0.05) is 0 Å². The number of carboxylic acid groups (broad SMARTS) is 2. The molecule has 0 saturated carbocycles. The van der Waals surface area contributed by atoms with E-state index in [1.54, 1.807) is 12.2 Å². The molecule has 98 valence electrons. The number of hydrogen-bond acceptors (Lipinski definition) is 3. The standard InChI is InChI=1S/C12H16N2O4/c15-11(16)10-3-1-2-9(14(10)12(17)18)8-4-6-13-7-5-8/h1-3,8-9,13H,4-7H2,(H,15,16)(H,17,18).